The number of para-hydroxylation sites is 2. The van der Waals surface area contributed by atoms with Crippen LogP contribution in [0.1, 0.15) is 36.5 Å². The molecule has 0 bridgehead atoms. The molecule has 0 N–H and O–H groups in total. The summed E-state index contributed by atoms with van der Waals surface area (Å²) in [6.07, 6.45) is 19.3. The molecule has 0 amide bonds. The summed E-state index contributed by atoms with van der Waals surface area (Å²) in [5.41, 5.74) is 16.0. The number of allylic oxidation sites excluding steroid dienone is 5. The molecule has 2 nitrogen and oxygen atoms in total. The quantitative estimate of drug-likeness (QED) is 0.116. The van der Waals surface area contributed by atoms with Crippen LogP contribution in [-0.4, -0.2) is 12.6 Å². The van der Waals surface area contributed by atoms with Crippen molar-refractivity contribution in [1.82, 2.24) is 0 Å². The Bertz CT molecular complexity index is 2510. The van der Waals surface area contributed by atoms with Crippen molar-refractivity contribution in [2.24, 2.45) is 0 Å². The molecule has 0 aromatic heterocycles. The average molecular weight is 695 g/mol. The Hall–Kier alpha value is -6.56. The maximum atomic E-state index is 5.98. The van der Waals surface area contributed by atoms with Crippen LogP contribution in [0.5, 0.6) is 0 Å². The van der Waals surface area contributed by atoms with Gasteiger partial charge in [0.15, 0.2) is 0 Å². The molecule has 2 aliphatic carbocycles. The summed E-state index contributed by atoms with van der Waals surface area (Å²) in [5, 5.41) is 0. The molecular formula is C52H42N2. The van der Waals surface area contributed by atoms with Gasteiger partial charge in [-0.05, 0) is 98.6 Å². The topological polar surface area (TPSA) is 6.48 Å². The van der Waals surface area contributed by atoms with E-state index in [0.717, 1.165) is 22.5 Å². The van der Waals surface area contributed by atoms with E-state index < -0.39 is 0 Å². The number of hydrogen-bond acceptors (Lipinski definition) is 2. The first kappa shape index (κ1) is 33.3. The second-order valence-electron chi connectivity index (χ2n) is 14.9. The number of rotatable bonds is 8. The van der Waals surface area contributed by atoms with Crippen molar-refractivity contribution in [2.75, 3.05) is 16.3 Å². The summed E-state index contributed by atoms with van der Waals surface area (Å²) in [5.74, 6) is 3.05. The third kappa shape index (κ3) is 5.80. The van der Waals surface area contributed by atoms with Gasteiger partial charge >= 0.3 is 0 Å². The van der Waals surface area contributed by atoms with Crippen LogP contribution in [0.4, 0.5) is 22.7 Å². The fourth-order valence-corrected chi connectivity index (χ4v) is 8.72. The Balaban J connectivity index is 1.05. The Labute approximate surface area is 319 Å². The Kier molecular flexibility index (Phi) is 8.49. The third-order valence-electron chi connectivity index (χ3n) is 11.4. The van der Waals surface area contributed by atoms with E-state index in [1.54, 1.807) is 0 Å². The molecule has 0 spiro atoms. The van der Waals surface area contributed by atoms with Gasteiger partial charge in [-0.2, -0.15) is 0 Å². The lowest BCUT2D eigenvalue weighted by atomic mass is 9.82. The van der Waals surface area contributed by atoms with Crippen molar-refractivity contribution in [3.8, 4) is 34.6 Å². The zero-order valence-electron chi connectivity index (χ0n) is 30.7. The van der Waals surface area contributed by atoms with E-state index in [2.05, 4.69) is 212 Å². The molecule has 0 radical (unpaired) electrons. The second-order valence-corrected chi connectivity index (χ2v) is 14.9. The van der Waals surface area contributed by atoms with E-state index in [-0.39, 0.29) is 17.4 Å². The summed E-state index contributed by atoms with van der Waals surface area (Å²) in [6, 6.07) is 55.0. The van der Waals surface area contributed by atoms with E-state index in [4.69, 9.17) is 6.42 Å². The van der Waals surface area contributed by atoms with Crippen LogP contribution in [0.3, 0.4) is 0 Å². The molecule has 2 heteroatoms. The summed E-state index contributed by atoms with van der Waals surface area (Å²) < 4.78 is 0. The Morgan fingerprint density at radius 2 is 1.39 bits per heavy atom. The third-order valence-corrected chi connectivity index (χ3v) is 11.4. The molecular weight excluding hydrogens is 653 g/mol. The summed E-state index contributed by atoms with van der Waals surface area (Å²) in [7, 11) is 0. The lowest BCUT2D eigenvalue weighted by molar-refractivity contribution is 0.660. The minimum absolute atomic E-state index is 0.0874. The van der Waals surface area contributed by atoms with Crippen molar-refractivity contribution in [3.05, 3.63) is 216 Å². The van der Waals surface area contributed by atoms with Crippen LogP contribution in [0, 0.1) is 12.3 Å². The van der Waals surface area contributed by atoms with Crippen LogP contribution in [-0.2, 0) is 5.41 Å². The molecule has 1 unspecified atom stereocenters. The molecule has 0 saturated carbocycles. The first-order chi connectivity index (χ1) is 26.5. The highest BCUT2D eigenvalue weighted by molar-refractivity contribution is 5.84. The molecule has 3 aliphatic rings. The molecule has 260 valence electrons. The fourth-order valence-electron chi connectivity index (χ4n) is 8.72. The van der Waals surface area contributed by atoms with Crippen molar-refractivity contribution in [1.29, 1.82) is 0 Å². The molecule has 0 fully saturated rings. The lowest BCUT2D eigenvalue weighted by Crippen LogP contribution is -2.29. The monoisotopic (exact) mass is 694 g/mol. The molecule has 54 heavy (non-hydrogen) atoms. The zero-order valence-corrected chi connectivity index (χ0v) is 30.7. The molecule has 6 aromatic carbocycles. The Morgan fingerprint density at radius 3 is 2.19 bits per heavy atom. The standard InChI is InChI=1S/C52H42N2/c1-4-16-37(40-28-33-51-47(35-40)46-23-12-14-25-50(46)54(51)42-20-9-6-10-21-42)19-15-34-53(41-29-26-39(27-30-41)38-17-7-5-8-18-38)43-31-32-45-44-22-11-13-24-48(44)52(2,3)49(45)36-43/h1,5-33,35-36,47,51H,34H2,2-3H3/b19-15-,37-16+/t47-,51?/m0/s1. The van der Waals surface area contributed by atoms with Gasteiger partial charge in [0.05, 0.1) is 6.04 Å². The van der Waals surface area contributed by atoms with Gasteiger partial charge in [0.1, 0.15) is 0 Å². The van der Waals surface area contributed by atoms with Crippen molar-refractivity contribution >= 4 is 22.7 Å². The highest BCUT2D eigenvalue weighted by Crippen LogP contribution is 2.51. The van der Waals surface area contributed by atoms with Gasteiger partial charge in [0.25, 0.3) is 0 Å². The minimum atomic E-state index is -0.0874. The predicted molar refractivity (Wildman–Crippen MR) is 228 cm³/mol. The minimum Gasteiger partial charge on any atom is -0.338 e. The molecule has 6 aromatic rings. The SMILES string of the molecule is C#C/C=C(\C=C/CN(c1ccc(-c2ccccc2)cc1)c1ccc2c(c1)C(C)(C)c1ccccc1-2)C1=C[C@H]2c3ccccc3N(c3ccccc3)C2C=C1. The smallest absolute Gasteiger partial charge is 0.0630 e. The number of fused-ring (bicyclic) bond motifs is 6. The van der Waals surface area contributed by atoms with Gasteiger partial charge in [-0.25, -0.2) is 0 Å². The zero-order chi connectivity index (χ0) is 36.6. The van der Waals surface area contributed by atoms with Crippen molar-refractivity contribution < 1.29 is 0 Å². The first-order valence-electron chi connectivity index (χ1n) is 18.8. The second kappa shape index (κ2) is 13.8. The van der Waals surface area contributed by atoms with E-state index in [1.807, 2.05) is 6.08 Å². The van der Waals surface area contributed by atoms with Crippen molar-refractivity contribution in [2.45, 2.75) is 31.2 Å². The highest BCUT2D eigenvalue weighted by atomic mass is 15.2. The number of hydrogen-bond donors (Lipinski definition) is 0. The van der Waals surface area contributed by atoms with E-state index in [1.165, 1.54) is 50.3 Å². The van der Waals surface area contributed by atoms with Crippen LogP contribution >= 0.6 is 0 Å². The molecule has 0 saturated heterocycles. The predicted octanol–water partition coefficient (Wildman–Crippen LogP) is 12.7. The van der Waals surface area contributed by atoms with Gasteiger partial charge in [-0.1, -0.05) is 159 Å². The van der Waals surface area contributed by atoms with Gasteiger partial charge in [-0.15, -0.1) is 6.42 Å². The molecule has 1 heterocycles. The summed E-state index contributed by atoms with van der Waals surface area (Å²) >= 11 is 0. The molecule has 2 atom stereocenters. The highest BCUT2D eigenvalue weighted by Gasteiger charge is 2.38. The lowest BCUT2D eigenvalue weighted by Gasteiger charge is -2.30. The maximum absolute atomic E-state index is 5.98. The average Bonchev–Trinajstić information content (AvgIpc) is 3.67. The van der Waals surface area contributed by atoms with Gasteiger partial charge in [0, 0.05) is 40.6 Å². The maximum Gasteiger partial charge on any atom is 0.0630 e. The molecule has 1 aliphatic heterocycles. The number of anilines is 4. The number of terminal acetylenes is 1. The normalized spacial score (nSPS) is 17.7. The van der Waals surface area contributed by atoms with Crippen LogP contribution in [0.25, 0.3) is 22.3 Å². The summed E-state index contributed by atoms with van der Waals surface area (Å²) in [4.78, 5) is 4.87. The Morgan fingerprint density at radius 1 is 0.722 bits per heavy atom. The van der Waals surface area contributed by atoms with Gasteiger partial charge in [-0.3, -0.25) is 0 Å². The van der Waals surface area contributed by atoms with Crippen molar-refractivity contribution in [3.63, 3.8) is 0 Å². The molecule has 9 rings (SSSR count). The van der Waals surface area contributed by atoms with Crippen LogP contribution in [0.2, 0.25) is 0 Å². The number of benzene rings is 6. The van der Waals surface area contributed by atoms with Crippen LogP contribution in [0.15, 0.2) is 199 Å². The van der Waals surface area contributed by atoms with E-state index >= 15 is 0 Å². The summed E-state index contributed by atoms with van der Waals surface area (Å²) in [6.45, 7) is 5.36. The fraction of sp³-hybridized carbons (Fsp3) is 0.115. The van der Waals surface area contributed by atoms with Gasteiger partial charge < -0.3 is 9.80 Å². The number of nitrogens with zero attached hydrogens (tertiary/aromatic N) is 2. The van der Waals surface area contributed by atoms with E-state index in [9.17, 15) is 0 Å². The van der Waals surface area contributed by atoms with E-state index in [0.29, 0.717) is 6.54 Å². The largest absolute Gasteiger partial charge is 0.338 e. The van der Waals surface area contributed by atoms with Gasteiger partial charge in [0.2, 0.25) is 0 Å². The van der Waals surface area contributed by atoms with Crippen LogP contribution < -0.4 is 9.80 Å². The first-order valence-corrected chi connectivity index (χ1v) is 18.8.